The van der Waals surface area contributed by atoms with E-state index in [1.165, 1.54) is 0 Å². The van der Waals surface area contributed by atoms with E-state index in [-0.39, 0.29) is 29.7 Å². The molecule has 1 aromatic heterocycles. The highest BCUT2D eigenvalue weighted by Gasteiger charge is 2.40. The molecule has 6 nitrogen and oxygen atoms in total. The van der Waals surface area contributed by atoms with E-state index >= 15 is 0 Å². The average Bonchev–Trinajstić information content (AvgIpc) is 2.63. The van der Waals surface area contributed by atoms with E-state index < -0.39 is 14.6 Å². The fourth-order valence-electron chi connectivity index (χ4n) is 3.27. The topological polar surface area (TPSA) is 74.7 Å². The molecule has 1 N–H and O–H groups in total. The van der Waals surface area contributed by atoms with Crippen molar-refractivity contribution < 1.29 is 8.42 Å². The number of nitrogens with one attached hydrogen (secondary N) is 1. The monoisotopic (exact) mass is 516 g/mol. The van der Waals surface area contributed by atoms with E-state index in [1.54, 1.807) is 13.8 Å². The van der Waals surface area contributed by atoms with Crippen LogP contribution in [0.15, 0.2) is 41.4 Å². The molecule has 0 atom stereocenters. The number of fused-ring (bicyclic) bond motifs is 1. The van der Waals surface area contributed by atoms with Crippen molar-refractivity contribution in [1.29, 1.82) is 0 Å². The Hall–Kier alpha value is -1.42. The summed E-state index contributed by atoms with van der Waals surface area (Å²) in [6.07, 6.45) is 0.745. The van der Waals surface area contributed by atoms with Gasteiger partial charge in [-0.25, -0.2) is 8.42 Å². The summed E-state index contributed by atoms with van der Waals surface area (Å²) < 4.78 is 23.7. The fourth-order valence-corrected chi connectivity index (χ4v) is 4.64. The van der Waals surface area contributed by atoms with Crippen molar-refractivity contribution in [3.8, 4) is 0 Å². The highest BCUT2D eigenvalue weighted by molar-refractivity contribution is 14.0. The molecule has 2 aromatic rings. The minimum Gasteiger partial charge on any atom is -0.357 e. The zero-order chi connectivity index (χ0) is 19.5. The molecule has 0 bridgehead atoms. The molecule has 1 aromatic carbocycles. The number of hydrogen-bond acceptors (Lipinski definition) is 4. The van der Waals surface area contributed by atoms with Gasteiger partial charge in [0.15, 0.2) is 15.8 Å². The number of halogens is 1. The Kier molecular flexibility index (Phi) is 7.66. The number of benzene rings is 1. The molecular formula is C20H29IN4O2S. The van der Waals surface area contributed by atoms with E-state index in [0.29, 0.717) is 19.6 Å². The largest absolute Gasteiger partial charge is 0.357 e. The maximum Gasteiger partial charge on any atom is 0.194 e. The minimum absolute atomic E-state index is 0. The van der Waals surface area contributed by atoms with Gasteiger partial charge in [-0.1, -0.05) is 24.3 Å². The van der Waals surface area contributed by atoms with Gasteiger partial charge in [-0.05, 0) is 32.9 Å². The Labute approximate surface area is 184 Å². The molecule has 1 saturated heterocycles. The standard InChI is InChI=1S/C20H28N4O2S.HI/c1-4-21-19(24-13-14-27(25,26)20(2,3)15-24)22-12-11-17-10-9-16-7-5-6-8-18(16)23-17;/h5-10H,4,11-15H2,1-3H3,(H,21,22);1H. The molecule has 1 fully saturated rings. The van der Waals surface area contributed by atoms with Gasteiger partial charge in [0.25, 0.3) is 0 Å². The van der Waals surface area contributed by atoms with Crippen molar-refractivity contribution in [2.75, 3.05) is 31.9 Å². The summed E-state index contributed by atoms with van der Waals surface area (Å²) in [5.74, 6) is 0.942. The van der Waals surface area contributed by atoms with Gasteiger partial charge < -0.3 is 10.2 Å². The lowest BCUT2D eigenvalue weighted by Crippen LogP contribution is -2.57. The van der Waals surface area contributed by atoms with Crippen molar-refractivity contribution in [2.24, 2.45) is 4.99 Å². The molecule has 0 amide bonds. The summed E-state index contributed by atoms with van der Waals surface area (Å²) >= 11 is 0. The van der Waals surface area contributed by atoms with E-state index in [9.17, 15) is 8.42 Å². The fraction of sp³-hybridized carbons (Fsp3) is 0.500. The van der Waals surface area contributed by atoms with Crippen LogP contribution in [0.25, 0.3) is 10.9 Å². The molecule has 0 saturated carbocycles. The Balaban J connectivity index is 0.00000280. The number of aromatic nitrogens is 1. The number of guanidine groups is 1. The first kappa shape index (κ1) is 22.9. The van der Waals surface area contributed by atoms with Gasteiger partial charge in [0.2, 0.25) is 0 Å². The van der Waals surface area contributed by atoms with Gasteiger partial charge in [0.1, 0.15) is 0 Å². The molecule has 3 rings (SSSR count). The summed E-state index contributed by atoms with van der Waals surface area (Å²) in [5, 5.41) is 4.43. The summed E-state index contributed by atoms with van der Waals surface area (Å²) in [6.45, 7) is 7.88. The number of hydrogen-bond donors (Lipinski definition) is 1. The van der Waals surface area contributed by atoms with Gasteiger partial charge in [0, 0.05) is 43.7 Å². The number of para-hydroxylation sites is 1. The Bertz CT molecular complexity index is 944. The lowest BCUT2D eigenvalue weighted by atomic mass is 10.2. The lowest BCUT2D eigenvalue weighted by molar-refractivity contribution is 0.353. The second-order valence-electron chi connectivity index (χ2n) is 7.48. The molecule has 0 radical (unpaired) electrons. The molecule has 28 heavy (non-hydrogen) atoms. The Morgan fingerprint density at radius 2 is 2.00 bits per heavy atom. The highest BCUT2D eigenvalue weighted by atomic mass is 127. The maximum absolute atomic E-state index is 12.2. The summed E-state index contributed by atoms with van der Waals surface area (Å²) in [4.78, 5) is 11.5. The second-order valence-corrected chi connectivity index (χ2v) is 10.2. The van der Waals surface area contributed by atoms with Crippen molar-refractivity contribution in [3.63, 3.8) is 0 Å². The highest BCUT2D eigenvalue weighted by Crippen LogP contribution is 2.23. The van der Waals surface area contributed by atoms with Gasteiger partial charge in [-0.2, -0.15) is 0 Å². The number of rotatable bonds is 4. The third-order valence-electron chi connectivity index (χ3n) is 4.96. The smallest absolute Gasteiger partial charge is 0.194 e. The molecular weight excluding hydrogens is 487 g/mol. The Morgan fingerprint density at radius 1 is 1.25 bits per heavy atom. The van der Waals surface area contributed by atoms with E-state index in [2.05, 4.69) is 22.3 Å². The maximum atomic E-state index is 12.2. The summed E-state index contributed by atoms with van der Waals surface area (Å²) in [7, 11) is -3.06. The van der Waals surface area contributed by atoms with E-state index in [4.69, 9.17) is 9.98 Å². The van der Waals surface area contributed by atoms with Crippen molar-refractivity contribution in [2.45, 2.75) is 31.9 Å². The van der Waals surface area contributed by atoms with Crippen LogP contribution in [0.4, 0.5) is 0 Å². The first-order valence-corrected chi connectivity index (χ1v) is 11.1. The van der Waals surface area contributed by atoms with Crippen LogP contribution in [0.2, 0.25) is 0 Å². The van der Waals surface area contributed by atoms with Gasteiger partial charge in [0.05, 0.1) is 16.0 Å². The predicted octanol–water partition coefficient (Wildman–Crippen LogP) is 2.87. The lowest BCUT2D eigenvalue weighted by Gasteiger charge is -2.39. The van der Waals surface area contributed by atoms with Crippen molar-refractivity contribution in [1.82, 2.24) is 15.2 Å². The van der Waals surface area contributed by atoms with Gasteiger partial charge in [-0.15, -0.1) is 24.0 Å². The van der Waals surface area contributed by atoms with Crippen LogP contribution < -0.4 is 5.32 Å². The van der Waals surface area contributed by atoms with E-state index in [1.807, 2.05) is 31.2 Å². The molecule has 1 aliphatic heterocycles. The quantitative estimate of drug-likeness (QED) is 0.385. The van der Waals surface area contributed by atoms with Crippen LogP contribution in [0.3, 0.4) is 0 Å². The number of nitrogens with zero attached hydrogens (tertiary/aromatic N) is 3. The van der Waals surface area contributed by atoms with Crippen LogP contribution in [0.1, 0.15) is 26.5 Å². The van der Waals surface area contributed by atoms with Crippen LogP contribution in [0, 0.1) is 0 Å². The molecule has 8 heteroatoms. The first-order chi connectivity index (χ1) is 12.8. The summed E-state index contributed by atoms with van der Waals surface area (Å²) in [5.41, 5.74) is 2.00. The molecule has 1 aliphatic rings. The van der Waals surface area contributed by atoms with Crippen LogP contribution in [-0.2, 0) is 16.3 Å². The minimum atomic E-state index is -3.06. The molecule has 154 valence electrons. The Morgan fingerprint density at radius 3 is 2.71 bits per heavy atom. The summed E-state index contributed by atoms with van der Waals surface area (Å²) in [6, 6.07) is 12.2. The number of aliphatic imine (C=N–C) groups is 1. The molecule has 0 aliphatic carbocycles. The molecule has 0 unspecified atom stereocenters. The first-order valence-electron chi connectivity index (χ1n) is 9.43. The van der Waals surface area contributed by atoms with Crippen LogP contribution in [-0.4, -0.2) is 60.9 Å². The van der Waals surface area contributed by atoms with E-state index in [0.717, 1.165) is 35.5 Å². The average molecular weight is 516 g/mol. The molecule has 0 spiro atoms. The zero-order valence-corrected chi connectivity index (χ0v) is 19.8. The van der Waals surface area contributed by atoms with Gasteiger partial charge in [-0.3, -0.25) is 9.98 Å². The SMILES string of the molecule is CCNC(=NCCc1ccc2ccccc2n1)N1CCS(=O)(=O)C(C)(C)C1.I. The molecule has 2 heterocycles. The second kappa shape index (κ2) is 9.39. The van der Waals surface area contributed by atoms with Crippen LogP contribution in [0.5, 0.6) is 0 Å². The third-order valence-corrected chi connectivity index (χ3v) is 7.50. The van der Waals surface area contributed by atoms with Crippen LogP contribution >= 0.6 is 24.0 Å². The predicted molar refractivity (Wildman–Crippen MR) is 126 cm³/mol. The normalized spacial score (nSPS) is 18.5. The van der Waals surface area contributed by atoms with Crippen molar-refractivity contribution >= 4 is 50.7 Å². The van der Waals surface area contributed by atoms with Gasteiger partial charge >= 0.3 is 0 Å². The number of pyridine rings is 1. The van der Waals surface area contributed by atoms with Crippen molar-refractivity contribution in [3.05, 3.63) is 42.1 Å². The number of sulfone groups is 1. The zero-order valence-electron chi connectivity index (χ0n) is 16.7. The third kappa shape index (κ3) is 5.14.